The van der Waals surface area contributed by atoms with Crippen molar-refractivity contribution in [2.45, 2.75) is 18.2 Å². The molecule has 0 N–H and O–H groups in total. The van der Waals surface area contributed by atoms with Gasteiger partial charge in [0.15, 0.2) is 0 Å². The van der Waals surface area contributed by atoms with E-state index in [-0.39, 0.29) is 5.97 Å². The number of esters is 1. The number of carbonyl (C=O) groups is 1. The Morgan fingerprint density at radius 2 is 2.00 bits per heavy atom. The quantitative estimate of drug-likeness (QED) is 0.435. The van der Waals surface area contributed by atoms with Crippen LogP contribution in [0.25, 0.3) is 0 Å². The Bertz CT molecular complexity index is 322. The van der Waals surface area contributed by atoms with Gasteiger partial charge in [-0.2, -0.15) is 0 Å². The van der Waals surface area contributed by atoms with Crippen molar-refractivity contribution in [3.63, 3.8) is 0 Å². The van der Waals surface area contributed by atoms with E-state index in [1.807, 2.05) is 31.2 Å². The average Bonchev–Trinajstić information content (AvgIpc) is 2.28. The molecule has 1 aromatic carbocycles. The van der Waals surface area contributed by atoms with Gasteiger partial charge in [-0.1, -0.05) is 23.9 Å². The maximum Gasteiger partial charge on any atom is 0.310 e. The highest BCUT2D eigenvalue weighted by atomic mass is 32.2. The van der Waals surface area contributed by atoms with Crippen molar-refractivity contribution >= 4 is 17.7 Å². The fourth-order valence-electron chi connectivity index (χ4n) is 1.21. The largest absolute Gasteiger partial charge is 0.466 e. The van der Waals surface area contributed by atoms with Crippen LogP contribution in [0.15, 0.2) is 29.2 Å². The Kier molecular flexibility index (Phi) is 5.96. The zero-order valence-electron chi connectivity index (χ0n) is 9.56. The fraction of sp³-hybridized carbons (Fsp3) is 0.417. The molecule has 0 unspecified atom stereocenters. The zero-order valence-corrected chi connectivity index (χ0v) is 10.4. The molecule has 4 heteroatoms. The molecule has 0 atom stereocenters. The Morgan fingerprint density at radius 3 is 2.56 bits per heavy atom. The van der Waals surface area contributed by atoms with Crippen LogP contribution in [0.3, 0.4) is 0 Å². The summed E-state index contributed by atoms with van der Waals surface area (Å²) in [5, 5.41) is 0. The van der Waals surface area contributed by atoms with Crippen LogP contribution in [0.1, 0.15) is 12.5 Å². The van der Waals surface area contributed by atoms with Gasteiger partial charge < -0.3 is 9.47 Å². The van der Waals surface area contributed by atoms with Gasteiger partial charge in [-0.15, -0.1) is 0 Å². The first kappa shape index (κ1) is 13.1. The van der Waals surface area contributed by atoms with Crippen LogP contribution in [-0.2, 0) is 20.7 Å². The summed E-state index contributed by atoms with van der Waals surface area (Å²) in [5.41, 5.74) is 0.972. The van der Waals surface area contributed by atoms with Crippen molar-refractivity contribution in [3.05, 3.63) is 29.8 Å². The average molecular weight is 240 g/mol. The van der Waals surface area contributed by atoms with Crippen LogP contribution in [-0.4, -0.2) is 25.6 Å². The molecule has 0 saturated heterocycles. The van der Waals surface area contributed by atoms with Gasteiger partial charge in [-0.3, -0.25) is 4.79 Å². The normalized spacial score (nSPS) is 10.1. The van der Waals surface area contributed by atoms with E-state index in [9.17, 15) is 4.79 Å². The number of ether oxygens (including phenoxy) is 2. The highest BCUT2D eigenvalue weighted by Crippen LogP contribution is 2.18. The number of carbonyl (C=O) groups excluding carboxylic acids is 1. The third kappa shape index (κ3) is 4.68. The van der Waals surface area contributed by atoms with Crippen molar-refractivity contribution in [2.24, 2.45) is 0 Å². The highest BCUT2D eigenvalue weighted by molar-refractivity contribution is 7.99. The Balaban J connectivity index is 2.47. The molecule has 0 aliphatic rings. The second-order valence-corrected chi connectivity index (χ2v) is 4.17. The summed E-state index contributed by atoms with van der Waals surface area (Å²) in [4.78, 5) is 12.4. The Morgan fingerprint density at radius 1 is 1.31 bits per heavy atom. The lowest BCUT2D eigenvalue weighted by atomic mass is 10.1. The molecule has 0 bridgehead atoms. The molecule has 88 valence electrons. The van der Waals surface area contributed by atoms with Crippen LogP contribution in [0.5, 0.6) is 0 Å². The fourth-order valence-corrected chi connectivity index (χ4v) is 1.79. The molecule has 1 rings (SSSR count). The van der Waals surface area contributed by atoms with E-state index >= 15 is 0 Å². The molecule has 0 aromatic heterocycles. The van der Waals surface area contributed by atoms with Gasteiger partial charge in [-0.05, 0) is 24.6 Å². The predicted molar refractivity (Wildman–Crippen MR) is 64.5 cm³/mol. The summed E-state index contributed by atoms with van der Waals surface area (Å²) in [6.07, 6.45) is 0.336. The molecule has 0 radical (unpaired) electrons. The number of thioether (sulfide) groups is 1. The van der Waals surface area contributed by atoms with E-state index < -0.39 is 0 Å². The van der Waals surface area contributed by atoms with E-state index in [1.54, 1.807) is 18.9 Å². The second kappa shape index (κ2) is 7.30. The number of hydrogen-bond donors (Lipinski definition) is 0. The van der Waals surface area contributed by atoms with Crippen LogP contribution in [0.2, 0.25) is 0 Å². The number of rotatable bonds is 6. The summed E-state index contributed by atoms with van der Waals surface area (Å²) in [6, 6.07) is 7.85. The van der Waals surface area contributed by atoms with Crippen LogP contribution in [0.4, 0.5) is 0 Å². The predicted octanol–water partition coefficient (Wildman–Crippen LogP) is 2.49. The maximum absolute atomic E-state index is 11.2. The van der Waals surface area contributed by atoms with Crippen molar-refractivity contribution in [2.75, 3.05) is 19.7 Å². The van der Waals surface area contributed by atoms with E-state index in [4.69, 9.17) is 9.47 Å². The lowest BCUT2D eigenvalue weighted by molar-refractivity contribution is -0.142. The number of methoxy groups -OCH3 is 1. The lowest BCUT2D eigenvalue weighted by Crippen LogP contribution is -2.07. The summed E-state index contributed by atoms with van der Waals surface area (Å²) in [6.45, 7) is 2.24. The highest BCUT2D eigenvalue weighted by Gasteiger charge is 2.03. The summed E-state index contributed by atoms with van der Waals surface area (Å²) in [5.74, 6) is 0.455. The summed E-state index contributed by atoms with van der Waals surface area (Å²) in [7, 11) is 1.67. The zero-order chi connectivity index (χ0) is 11.8. The first-order valence-corrected chi connectivity index (χ1v) is 6.11. The lowest BCUT2D eigenvalue weighted by Gasteiger charge is -2.03. The van der Waals surface area contributed by atoms with Crippen molar-refractivity contribution in [1.82, 2.24) is 0 Å². The molecule has 0 amide bonds. The maximum atomic E-state index is 11.2. The first-order chi connectivity index (χ1) is 7.76. The smallest absolute Gasteiger partial charge is 0.310 e. The molecule has 1 aromatic rings. The van der Waals surface area contributed by atoms with E-state index in [1.165, 1.54) is 0 Å². The van der Waals surface area contributed by atoms with Gasteiger partial charge in [0, 0.05) is 12.0 Å². The molecule has 0 fully saturated rings. The molecule has 0 aliphatic carbocycles. The standard InChI is InChI=1S/C12H16O3S/c1-3-15-12(13)8-10-4-6-11(7-5-10)16-9-14-2/h4-7H,3,8-9H2,1-2H3. The Labute approximate surface area is 100 Å². The molecule has 0 aliphatic heterocycles. The third-order valence-corrected chi connectivity index (χ3v) is 2.88. The minimum Gasteiger partial charge on any atom is -0.466 e. The van der Waals surface area contributed by atoms with Gasteiger partial charge >= 0.3 is 5.97 Å². The van der Waals surface area contributed by atoms with Gasteiger partial charge in [0.1, 0.15) is 0 Å². The second-order valence-electron chi connectivity index (χ2n) is 3.18. The Hall–Kier alpha value is -1.00. The summed E-state index contributed by atoms with van der Waals surface area (Å²) >= 11 is 1.62. The SMILES string of the molecule is CCOC(=O)Cc1ccc(SCOC)cc1. The van der Waals surface area contributed by atoms with Gasteiger partial charge in [-0.25, -0.2) is 0 Å². The van der Waals surface area contributed by atoms with Crippen LogP contribution in [0, 0.1) is 0 Å². The van der Waals surface area contributed by atoms with Crippen molar-refractivity contribution < 1.29 is 14.3 Å². The molecule has 16 heavy (non-hydrogen) atoms. The van der Waals surface area contributed by atoms with Crippen LogP contribution < -0.4 is 0 Å². The van der Waals surface area contributed by atoms with E-state index in [0.29, 0.717) is 19.0 Å². The molecule has 0 saturated carbocycles. The molecule has 0 spiro atoms. The summed E-state index contributed by atoms with van der Waals surface area (Å²) < 4.78 is 9.84. The van der Waals surface area contributed by atoms with E-state index in [0.717, 1.165) is 10.5 Å². The van der Waals surface area contributed by atoms with E-state index in [2.05, 4.69) is 0 Å². The molecular weight excluding hydrogens is 224 g/mol. The molecular formula is C12H16O3S. The topological polar surface area (TPSA) is 35.5 Å². The molecule has 3 nitrogen and oxygen atoms in total. The van der Waals surface area contributed by atoms with Gasteiger partial charge in [0.05, 0.1) is 19.0 Å². The minimum atomic E-state index is -0.181. The minimum absolute atomic E-state index is 0.181. The van der Waals surface area contributed by atoms with Gasteiger partial charge in [0.25, 0.3) is 0 Å². The van der Waals surface area contributed by atoms with Crippen LogP contribution >= 0.6 is 11.8 Å². The van der Waals surface area contributed by atoms with Crippen molar-refractivity contribution in [1.29, 1.82) is 0 Å². The third-order valence-electron chi connectivity index (χ3n) is 1.92. The first-order valence-electron chi connectivity index (χ1n) is 5.12. The molecule has 0 heterocycles. The number of hydrogen-bond acceptors (Lipinski definition) is 4. The number of benzene rings is 1. The monoisotopic (exact) mass is 240 g/mol. The van der Waals surface area contributed by atoms with Gasteiger partial charge in [0.2, 0.25) is 0 Å². The van der Waals surface area contributed by atoms with Crippen molar-refractivity contribution in [3.8, 4) is 0 Å².